The van der Waals surface area contributed by atoms with Crippen LogP contribution in [0.3, 0.4) is 0 Å². The zero-order chi connectivity index (χ0) is 13.9. The molecule has 0 spiro atoms. The molecule has 0 saturated carbocycles. The Morgan fingerprint density at radius 3 is 2.56 bits per heavy atom. The van der Waals surface area contributed by atoms with Gasteiger partial charge in [0.1, 0.15) is 0 Å². The van der Waals surface area contributed by atoms with Crippen molar-refractivity contribution in [3.05, 3.63) is 28.3 Å². The van der Waals surface area contributed by atoms with E-state index >= 15 is 0 Å². The van der Waals surface area contributed by atoms with E-state index in [1.54, 1.807) is 0 Å². The molecule has 2 N–H and O–H groups in total. The van der Waals surface area contributed by atoms with Gasteiger partial charge in [-0.15, -0.1) is 0 Å². The molecule has 1 aromatic rings. The molecule has 100 valence electrons. The zero-order valence-electron chi connectivity index (χ0n) is 10.2. The first-order chi connectivity index (χ1) is 8.30. The highest BCUT2D eigenvalue weighted by atomic mass is 32.2. The van der Waals surface area contributed by atoms with E-state index in [0.717, 1.165) is 16.4 Å². The summed E-state index contributed by atoms with van der Waals surface area (Å²) in [7, 11) is -2.47. The maximum absolute atomic E-state index is 12.1. The van der Waals surface area contributed by atoms with Gasteiger partial charge in [-0.25, -0.2) is 12.7 Å². The van der Waals surface area contributed by atoms with E-state index in [2.05, 4.69) is 0 Å². The van der Waals surface area contributed by atoms with Crippen molar-refractivity contribution in [3.63, 3.8) is 0 Å². The molecule has 0 amide bonds. The molecule has 0 unspecified atom stereocenters. The fraction of sp³-hybridized carbons (Fsp3) is 0.400. The lowest BCUT2D eigenvalue weighted by atomic mass is 10.3. The maximum Gasteiger partial charge on any atom is 0.291 e. The summed E-state index contributed by atoms with van der Waals surface area (Å²) in [5, 5.41) is 10.9. The summed E-state index contributed by atoms with van der Waals surface area (Å²) in [6.07, 6.45) is 0.624. The monoisotopic (exact) mass is 273 g/mol. The molecule has 7 nitrogen and oxygen atoms in total. The second-order valence-electron chi connectivity index (χ2n) is 3.81. The number of nitrogens with zero attached hydrogens (tertiary/aromatic N) is 2. The Labute approximate surface area is 105 Å². The van der Waals surface area contributed by atoms with E-state index in [9.17, 15) is 18.5 Å². The number of hydrogen-bond donors (Lipinski definition) is 1. The molecule has 0 fully saturated rings. The van der Waals surface area contributed by atoms with E-state index in [1.165, 1.54) is 13.1 Å². The van der Waals surface area contributed by atoms with Crippen molar-refractivity contribution < 1.29 is 13.3 Å². The third kappa shape index (κ3) is 2.77. The van der Waals surface area contributed by atoms with Gasteiger partial charge in [-0.05, 0) is 18.6 Å². The minimum absolute atomic E-state index is 0.152. The number of hydrogen-bond acceptors (Lipinski definition) is 5. The Morgan fingerprint density at radius 1 is 1.44 bits per heavy atom. The standard InChI is InChI=1S/C10H15N3O4S/c1-3-6-12(2)18(16,17)10-5-4-8(11)7-9(10)13(14)15/h4-5,7H,3,6,11H2,1-2H3. The summed E-state index contributed by atoms with van der Waals surface area (Å²) >= 11 is 0. The Bertz CT molecular complexity index is 556. The molecule has 1 aromatic carbocycles. The number of nitro groups is 1. The summed E-state index contributed by atoms with van der Waals surface area (Å²) < 4.78 is 25.4. The second kappa shape index (κ2) is 5.32. The first-order valence-electron chi connectivity index (χ1n) is 5.31. The topological polar surface area (TPSA) is 107 Å². The molecule has 0 saturated heterocycles. The average Bonchev–Trinajstić information content (AvgIpc) is 2.28. The molecule has 0 aromatic heterocycles. The van der Waals surface area contributed by atoms with Crippen LogP contribution in [-0.2, 0) is 10.0 Å². The van der Waals surface area contributed by atoms with Crippen molar-refractivity contribution in [1.29, 1.82) is 0 Å². The molecule has 0 heterocycles. The van der Waals surface area contributed by atoms with Crippen LogP contribution in [0.2, 0.25) is 0 Å². The van der Waals surface area contributed by atoms with Crippen LogP contribution < -0.4 is 5.73 Å². The number of nitrogen functional groups attached to an aromatic ring is 1. The average molecular weight is 273 g/mol. The van der Waals surface area contributed by atoms with E-state index in [4.69, 9.17) is 5.73 Å². The molecule has 0 radical (unpaired) electrons. The van der Waals surface area contributed by atoms with Gasteiger partial charge in [-0.2, -0.15) is 0 Å². The Kier molecular flexibility index (Phi) is 4.25. The Morgan fingerprint density at radius 2 is 2.06 bits per heavy atom. The van der Waals surface area contributed by atoms with Crippen molar-refractivity contribution in [3.8, 4) is 0 Å². The molecular formula is C10H15N3O4S. The predicted molar refractivity (Wildman–Crippen MR) is 67.6 cm³/mol. The quantitative estimate of drug-likeness (QED) is 0.493. The minimum atomic E-state index is -3.86. The van der Waals surface area contributed by atoms with Gasteiger partial charge in [0.15, 0.2) is 4.90 Å². The van der Waals surface area contributed by atoms with Gasteiger partial charge in [0.25, 0.3) is 5.69 Å². The van der Waals surface area contributed by atoms with Gasteiger partial charge >= 0.3 is 0 Å². The zero-order valence-corrected chi connectivity index (χ0v) is 11.0. The van der Waals surface area contributed by atoms with Crippen molar-refractivity contribution in [2.24, 2.45) is 0 Å². The van der Waals surface area contributed by atoms with Crippen molar-refractivity contribution >= 4 is 21.4 Å². The van der Waals surface area contributed by atoms with Crippen LogP contribution in [0.1, 0.15) is 13.3 Å². The number of rotatable bonds is 5. The molecule has 0 bridgehead atoms. The van der Waals surface area contributed by atoms with Crippen LogP contribution in [0.25, 0.3) is 0 Å². The van der Waals surface area contributed by atoms with Gasteiger partial charge in [0, 0.05) is 25.3 Å². The lowest BCUT2D eigenvalue weighted by Crippen LogP contribution is -2.28. The maximum atomic E-state index is 12.1. The molecule has 0 atom stereocenters. The molecule has 18 heavy (non-hydrogen) atoms. The summed E-state index contributed by atoms with van der Waals surface area (Å²) in [5.41, 5.74) is 5.08. The van der Waals surface area contributed by atoms with Crippen LogP contribution in [0, 0.1) is 10.1 Å². The molecular weight excluding hydrogens is 258 g/mol. The largest absolute Gasteiger partial charge is 0.399 e. The van der Waals surface area contributed by atoms with Crippen molar-refractivity contribution in [2.75, 3.05) is 19.3 Å². The van der Waals surface area contributed by atoms with Gasteiger partial charge in [-0.1, -0.05) is 6.92 Å². The lowest BCUT2D eigenvalue weighted by molar-refractivity contribution is -0.387. The summed E-state index contributed by atoms with van der Waals surface area (Å²) in [6.45, 7) is 2.12. The number of nitrogens with two attached hydrogens (primary N) is 1. The van der Waals surface area contributed by atoms with Gasteiger partial charge < -0.3 is 5.73 Å². The number of sulfonamides is 1. The SMILES string of the molecule is CCCN(C)S(=O)(=O)c1ccc(N)cc1[N+](=O)[O-]. The fourth-order valence-electron chi connectivity index (χ4n) is 1.50. The number of anilines is 1. The molecule has 1 rings (SSSR count). The number of nitro benzene ring substituents is 1. The van der Waals surface area contributed by atoms with E-state index < -0.39 is 20.6 Å². The van der Waals surface area contributed by atoms with Crippen LogP contribution in [0.15, 0.2) is 23.1 Å². The predicted octanol–water partition coefficient (Wildman–Crippen LogP) is 1.21. The van der Waals surface area contributed by atoms with Crippen molar-refractivity contribution in [1.82, 2.24) is 4.31 Å². The molecule has 0 aliphatic rings. The van der Waals surface area contributed by atoms with Crippen LogP contribution >= 0.6 is 0 Å². The highest BCUT2D eigenvalue weighted by Crippen LogP contribution is 2.28. The van der Waals surface area contributed by atoms with Crippen LogP contribution in [0.5, 0.6) is 0 Å². The molecule has 0 aliphatic heterocycles. The first kappa shape index (κ1) is 14.4. The summed E-state index contributed by atoms with van der Waals surface area (Å²) in [6, 6.07) is 3.54. The number of benzene rings is 1. The fourth-order valence-corrected chi connectivity index (χ4v) is 2.89. The lowest BCUT2D eigenvalue weighted by Gasteiger charge is -2.16. The van der Waals surface area contributed by atoms with Gasteiger partial charge in [0.2, 0.25) is 10.0 Å². The van der Waals surface area contributed by atoms with Gasteiger partial charge in [-0.3, -0.25) is 10.1 Å². The second-order valence-corrected chi connectivity index (χ2v) is 5.82. The van der Waals surface area contributed by atoms with E-state index in [0.29, 0.717) is 13.0 Å². The van der Waals surface area contributed by atoms with E-state index in [1.807, 2.05) is 6.92 Å². The summed E-state index contributed by atoms with van der Waals surface area (Å²) in [4.78, 5) is 9.79. The first-order valence-corrected chi connectivity index (χ1v) is 6.75. The van der Waals surface area contributed by atoms with Crippen LogP contribution in [-0.4, -0.2) is 31.2 Å². The minimum Gasteiger partial charge on any atom is -0.399 e. The highest BCUT2D eigenvalue weighted by molar-refractivity contribution is 7.89. The van der Waals surface area contributed by atoms with Crippen molar-refractivity contribution in [2.45, 2.75) is 18.2 Å². The third-order valence-corrected chi connectivity index (χ3v) is 4.31. The molecule has 8 heteroatoms. The molecule has 0 aliphatic carbocycles. The normalized spacial score (nSPS) is 11.7. The highest BCUT2D eigenvalue weighted by Gasteiger charge is 2.29. The Balaban J connectivity index is 3.37. The third-order valence-electron chi connectivity index (χ3n) is 2.41. The van der Waals surface area contributed by atoms with Crippen LogP contribution in [0.4, 0.5) is 11.4 Å². The van der Waals surface area contributed by atoms with Gasteiger partial charge in [0.05, 0.1) is 4.92 Å². The van der Waals surface area contributed by atoms with E-state index in [-0.39, 0.29) is 10.6 Å². The Hall–Kier alpha value is -1.67. The smallest absolute Gasteiger partial charge is 0.291 e. The summed E-state index contributed by atoms with van der Waals surface area (Å²) in [5.74, 6) is 0.